The van der Waals surface area contributed by atoms with Gasteiger partial charge in [0.15, 0.2) is 4.80 Å². The molecular weight excluding hydrogens is 534 g/mol. The molecular formula is C30H32ClN3O4S. The number of hydrogen-bond acceptors (Lipinski definition) is 7. The summed E-state index contributed by atoms with van der Waals surface area (Å²) in [4.78, 5) is 34.9. The highest BCUT2D eigenvalue weighted by atomic mass is 35.5. The summed E-state index contributed by atoms with van der Waals surface area (Å²) in [5, 5.41) is 0.465. The van der Waals surface area contributed by atoms with Crippen LogP contribution in [0.3, 0.4) is 0 Å². The molecule has 0 bridgehead atoms. The Bertz CT molecular complexity index is 1650. The number of esters is 1. The van der Waals surface area contributed by atoms with Gasteiger partial charge in [-0.05, 0) is 88.1 Å². The summed E-state index contributed by atoms with van der Waals surface area (Å²) in [6, 6.07) is 10.7. The first-order valence-corrected chi connectivity index (χ1v) is 14.3. The minimum Gasteiger partial charge on any atom is -0.496 e. The fourth-order valence-corrected chi connectivity index (χ4v) is 6.53. The summed E-state index contributed by atoms with van der Waals surface area (Å²) in [5.74, 6) is -0.0164. The lowest BCUT2D eigenvalue weighted by Crippen LogP contribution is -2.40. The fraction of sp³-hybridized carbons (Fsp3) is 0.367. The van der Waals surface area contributed by atoms with Crippen molar-refractivity contribution in [3.63, 3.8) is 0 Å². The van der Waals surface area contributed by atoms with Crippen LogP contribution < -0.4 is 24.5 Å². The molecule has 1 saturated heterocycles. The Morgan fingerprint density at radius 2 is 1.90 bits per heavy atom. The summed E-state index contributed by atoms with van der Waals surface area (Å²) in [6.07, 6.45) is 3.98. The standard InChI is InChI=1S/C30H32ClN3O4S/c1-17(2)38-29(36)26-19(4)32-30-34(27(26)22-16-21(31)9-11-24(22)37-5)28(35)25(39-30)15-20-8-10-23(18(3)14-20)33-12-6-7-13-33/h8-11,14-17,27H,6-7,12-13H2,1-5H3/b25-15-/t27-/m1/s1. The van der Waals surface area contributed by atoms with E-state index in [1.165, 1.54) is 35.4 Å². The first-order chi connectivity index (χ1) is 18.7. The van der Waals surface area contributed by atoms with Gasteiger partial charge in [-0.1, -0.05) is 29.0 Å². The van der Waals surface area contributed by atoms with Crippen molar-refractivity contribution < 1.29 is 14.3 Å². The molecule has 2 aliphatic rings. The number of thiazole rings is 1. The molecule has 9 heteroatoms. The van der Waals surface area contributed by atoms with Crippen LogP contribution in [0.5, 0.6) is 5.75 Å². The minimum absolute atomic E-state index is 0.241. The summed E-state index contributed by atoms with van der Waals surface area (Å²) >= 11 is 7.69. The van der Waals surface area contributed by atoms with Crippen molar-refractivity contribution >= 4 is 40.7 Å². The predicted octanol–water partition coefficient (Wildman–Crippen LogP) is 4.76. The highest BCUT2D eigenvalue weighted by molar-refractivity contribution is 7.07. The fourth-order valence-electron chi connectivity index (χ4n) is 5.31. The summed E-state index contributed by atoms with van der Waals surface area (Å²) < 4.78 is 13.3. The van der Waals surface area contributed by atoms with E-state index in [0.29, 0.717) is 31.4 Å². The van der Waals surface area contributed by atoms with E-state index in [2.05, 4.69) is 28.9 Å². The van der Waals surface area contributed by atoms with Gasteiger partial charge >= 0.3 is 5.97 Å². The van der Waals surface area contributed by atoms with Crippen LogP contribution in [-0.2, 0) is 9.53 Å². The Kier molecular flexibility index (Phi) is 7.69. The van der Waals surface area contributed by atoms with Crippen molar-refractivity contribution in [2.24, 2.45) is 4.99 Å². The normalized spacial score (nSPS) is 17.5. The lowest BCUT2D eigenvalue weighted by Gasteiger charge is -2.26. The lowest BCUT2D eigenvalue weighted by molar-refractivity contribution is -0.143. The largest absolute Gasteiger partial charge is 0.496 e. The van der Waals surface area contributed by atoms with Gasteiger partial charge in [0.1, 0.15) is 11.8 Å². The molecule has 2 aromatic carbocycles. The van der Waals surface area contributed by atoms with Crippen LogP contribution in [0.15, 0.2) is 57.5 Å². The SMILES string of the molecule is COc1ccc(Cl)cc1[C@@H]1C(C(=O)OC(C)C)=C(C)N=c2s/c(=C\c3ccc(N4CCCC4)c(C)c3)c(=O)n21. The number of aromatic nitrogens is 1. The van der Waals surface area contributed by atoms with Crippen LogP contribution in [0.25, 0.3) is 6.08 Å². The van der Waals surface area contributed by atoms with Gasteiger partial charge < -0.3 is 14.4 Å². The van der Waals surface area contributed by atoms with Crippen LogP contribution in [0.2, 0.25) is 5.02 Å². The number of carbonyl (C=O) groups excluding carboxylic acids is 1. The van der Waals surface area contributed by atoms with E-state index in [1.54, 1.807) is 50.6 Å². The maximum absolute atomic E-state index is 14.0. The zero-order chi connectivity index (χ0) is 27.8. The highest BCUT2D eigenvalue weighted by Crippen LogP contribution is 2.37. The van der Waals surface area contributed by atoms with Crippen molar-refractivity contribution in [2.75, 3.05) is 25.1 Å². The molecule has 1 fully saturated rings. The van der Waals surface area contributed by atoms with Gasteiger partial charge in [-0.25, -0.2) is 9.79 Å². The van der Waals surface area contributed by atoms with Gasteiger partial charge in [0, 0.05) is 29.4 Å². The Labute approximate surface area is 236 Å². The molecule has 0 aliphatic carbocycles. The first kappa shape index (κ1) is 27.2. The Morgan fingerprint density at radius 1 is 1.15 bits per heavy atom. The molecule has 204 valence electrons. The number of hydrogen-bond donors (Lipinski definition) is 0. The van der Waals surface area contributed by atoms with E-state index in [1.807, 2.05) is 12.1 Å². The first-order valence-electron chi connectivity index (χ1n) is 13.1. The molecule has 1 aromatic heterocycles. The van der Waals surface area contributed by atoms with Gasteiger partial charge in [-0.15, -0.1) is 0 Å². The van der Waals surface area contributed by atoms with Gasteiger partial charge in [0.25, 0.3) is 5.56 Å². The van der Waals surface area contributed by atoms with Crippen molar-refractivity contribution in [1.82, 2.24) is 4.57 Å². The Balaban J connectivity index is 1.67. The zero-order valence-corrected chi connectivity index (χ0v) is 24.4. The van der Waals surface area contributed by atoms with Gasteiger partial charge in [-0.2, -0.15) is 0 Å². The number of carbonyl (C=O) groups is 1. The average molecular weight is 566 g/mol. The number of anilines is 1. The van der Waals surface area contributed by atoms with Crippen LogP contribution >= 0.6 is 22.9 Å². The van der Waals surface area contributed by atoms with Crippen LogP contribution in [0, 0.1) is 6.92 Å². The third kappa shape index (κ3) is 5.28. The lowest BCUT2D eigenvalue weighted by atomic mass is 9.95. The van der Waals surface area contributed by atoms with Gasteiger partial charge in [-0.3, -0.25) is 9.36 Å². The van der Waals surface area contributed by atoms with Crippen LogP contribution in [0.1, 0.15) is 56.3 Å². The van der Waals surface area contributed by atoms with Crippen molar-refractivity contribution in [3.05, 3.63) is 89.1 Å². The second-order valence-corrected chi connectivity index (χ2v) is 11.6. The summed E-state index contributed by atoms with van der Waals surface area (Å²) in [5.41, 5.74) is 4.48. The monoisotopic (exact) mass is 565 g/mol. The molecule has 0 unspecified atom stereocenters. The molecule has 2 aliphatic heterocycles. The second kappa shape index (κ2) is 11.0. The van der Waals surface area contributed by atoms with Crippen molar-refractivity contribution in [3.8, 4) is 5.75 Å². The van der Waals surface area contributed by atoms with E-state index in [9.17, 15) is 9.59 Å². The molecule has 0 saturated carbocycles. The van der Waals surface area contributed by atoms with Crippen molar-refractivity contribution in [1.29, 1.82) is 0 Å². The number of benzene rings is 2. The van der Waals surface area contributed by atoms with Crippen LogP contribution in [0.4, 0.5) is 5.69 Å². The average Bonchev–Trinajstić information content (AvgIpc) is 3.51. The number of halogens is 1. The molecule has 0 amide bonds. The third-order valence-electron chi connectivity index (χ3n) is 7.04. The molecule has 5 rings (SSSR count). The highest BCUT2D eigenvalue weighted by Gasteiger charge is 2.35. The van der Waals surface area contributed by atoms with E-state index in [-0.39, 0.29) is 17.2 Å². The van der Waals surface area contributed by atoms with Crippen molar-refractivity contribution in [2.45, 2.75) is 52.7 Å². The maximum Gasteiger partial charge on any atom is 0.338 e. The molecule has 7 nitrogen and oxygen atoms in total. The molecule has 0 N–H and O–H groups in total. The topological polar surface area (TPSA) is 73.1 Å². The molecule has 1 atom stereocenters. The van der Waals surface area contributed by atoms with E-state index >= 15 is 0 Å². The van der Waals surface area contributed by atoms with E-state index < -0.39 is 12.0 Å². The molecule has 0 radical (unpaired) electrons. The maximum atomic E-state index is 14.0. The summed E-state index contributed by atoms with van der Waals surface area (Å²) in [7, 11) is 1.55. The number of methoxy groups -OCH3 is 1. The second-order valence-electron chi connectivity index (χ2n) is 10.2. The molecule has 0 spiro atoms. The number of aryl methyl sites for hydroxylation is 1. The predicted molar refractivity (Wildman–Crippen MR) is 156 cm³/mol. The molecule has 3 heterocycles. The minimum atomic E-state index is -0.803. The molecule has 3 aromatic rings. The molecule has 39 heavy (non-hydrogen) atoms. The zero-order valence-electron chi connectivity index (χ0n) is 22.8. The number of fused-ring (bicyclic) bond motifs is 1. The Hall–Kier alpha value is -3.36. The number of rotatable bonds is 6. The number of allylic oxidation sites excluding steroid dienone is 1. The Morgan fingerprint density at radius 3 is 2.56 bits per heavy atom. The number of nitrogens with zero attached hydrogens (tertiary/aromatic N) is 3. The summed E-state index contributed by atoms with van der Waals surface area (Å²) in [6.45, 7) is 9.59. The van der Waals surface area contributed by atoms with Gasteiger partial charge in [0.2, 0.25) is 0 Å². The van der Waals surface area contributed by atoms with E-state index in [4.69, 9.17) is 21.1 Å². The smallest absolute Gasteiger partial charge is 0.338 e. The van der Waals surface area contributed by atoms with Gasteiger partial charge in [0.05, 0.1) is 29.0 Å². The number of ether oxygens (including phenoxy) is 2. The third-order valence-corrected chi connectivity index (χ3v) is 8.25. The van der Waals surface area contributed by atoms with E-state index in [0.717, 1.165) is 18.7 Å². The quantitative estimate of drug-likeness (QED) is 0.403. The van der Waals surface area contributed by atoms with Crippen LogP contribution in [-0.4, -0.2) is 36.8 Å².